The Labute approximate surface area is 136 Å². The standard InChI is InChI=1S/C15H12Cl2N2O3/c16-11-2-1-3-12(17)10(11)8-13(15(21)22)19-14(20)9-4-6-18-7-5-9/h1-7,13H,8H2,(H,19,20)(H,21,22)/t13-/m0/s1. The van der Waals surface area contributed by atoms with Gasteiger partial charge in [-0.3, -0.25) is 9.78 Å². The van der Waals surface area contributed by atoms with Gasteiger partial charge in [0.15, 0.2) is 0 Å². The number of nitrogens with zero attached hydrogens (tertiary/aromatic N) is 1. The van der Waals surface area contributed by atoms with Crippen LogP contribution in [0.25, 0.3) is 0 Å². The van der Waals surface area contributed by atoms with Crippen molar-refractivity contribution in [1.29, 1.82) is 0 Å². The summed E-state index contributed by atoms with van der Waals surface area (Å²) in [5, 5.41) is 12.5. The second kappa shape index (κ2) is 7.24. The van der Waals surface area contributed by atoms with Gasteiger partial charge in [0, 0.05) is 34.4 Å². The van der Waals surface area contributed by atoms with Crippen LogP contribution in [-0.2, 0) is 11.2 Å². The number of aliphatic carboxylic acids is 1. The third kappa shape index (κ3) is 3.96. The molecule has 0 bridgehead atoms. The van der Waals surface area contributed by atoms with Crippen molar-refractivity contribution in [1.82, 2.24) is 10.3 Å². The van der Waals surface area contributed by atoms with Crippen LogP contribution in [-0.4, -0.2) is 28.0 Å². The van der Waals surface area contributed by atoms with Gasteiger partial charge in [0.2, 0.25) is 0 Å². The number of hydrogen-bond donors (Lipinski definition) is 2. The van der Waals surface area contributed by atoms with E-state index in [-0.39, 0.29) is 6.42 Å². The van der Waals surface area contributed by atoms with E-state index in [2.05, 4.69) is 10.3 Å². The highest BCUT2D eigenvalue weighted by Crippen LogP contribution is 2.25. The van der Waals surface area contributed by atoms with Gasteiger partial charge < -0.3 is 10.4 Å². The Morgan fingerprint density at radius 1 is 1.14 bits per heavy atom. The summed E-state index contributed by atoms with van der Waals surface area (Å²) in [4.78, 5) is 27.2. The average Bonchev–Trinajstić information content (AvgIpc) is 2.50. The molecule has 0 fully saturated rings. The Kier molecular flexibility index (Phi) is 5.35. The van der Waals surface area contributed by atoms with E-state index in [1.165, 1.54) is 24.5 Å². The molecule has 1 heterocycles. The largest absolute Gasteiger partial charge is 0.480 e. The lowest BCUT2D eigenvalue weighted by atomic mass is 10.1. The molecule has 0 aliphatic carbocycles. The van der Waals surface area contributed by atoms with E-state index in [1.807, 2.05) is 0 Å². The van der Waals surface area contributed by atoms with Crippen molar-refractivity contribution >= 4 is 35.1 Å². The molecule has 2 N–H and O–H groups in total. The first-order valence-corrected chi connectivity index (χ1v) is 7.11. The fourth-order valence-corrected chi connectivity index (χ4v) is 2.43. The topological polar surface area (TPSA) is 79.3 Å². The summed E-state index contributed by atoms with van der Waals surface area (Å²) >= 11 is 12.1. The molecule has 0 aliphatic rings. The van der Waals surface area contributed by atoms with Crippen LogP contribution in [0.1, 0.15) is 15.9 Å². The number of carboxylic acids is 1. The summed E-state index contributed by atoms with van der Waals surface area (Å²) < 4.78 is 0. The van der Waals surface area contributed by atoms with Crippen LogP contribution in [0.2, 0.25) is 10.0 Å². The summed E-state index contributed by atoms with van der Waals surface area (Å²) in [6, 6.07) is 6.75. The van der Waals surface area contributed by atoms with Crippen molar-refractivity contribution in [3.8, 4) is 0 Å². The van der Waals surface area contributed by atoms with Gasteiger partial charge in [0.25, 0.3) is 5.91 Å². The Morgan fingerprint density at radius 3 is 2.27 bits per heavy atom. The lowest BCUT2D eigenvalue weighted by Crippen LogP contribution is -2.42. The van der Waals surface area contributed by atoms with Gasteiger partial charge in [-0.1, -0.05) is 29.3 Å². The van der Waals surface area contributed by atoms with Gasteiger partial charge in [0.05, 0.1) is 0 Å². The normalized spacial score (nSPS) is 11.7. The number of halogens is 2. The maximum absolute atomic E-state index is 12.1. The van der Waals surface area contributed by atoms with Crippen LogP contribution in [0.4, 0.5) is 0 Å². The van der Waals surface area contributed by atoms with E-state index >= 15 is 0 Å². The number of benzene rings is 1. The van der Waals surface area contributed by atoms with E-state index in [1.54, 1.807) is 18.2 Å². The van der Waals surface area contributed by atoms with Crippen molar-refractivity contribution in [2.75, 3.05) is 0 Å². The second-order valence-corrected chi connectivity index (χ2v) is 5.32. The molecule has 5 nitrogen and oxygen atoms in total. The Morgan fingerprint density at radius 2 is 1.73 bits per heavy atom. The molecule has 1 aromatic carbocycles. The zero-order valence-corrected chi connectivity index (χ0v) is 12.8. The van der Waals surface area contributed by atoms with Crippen molar-refractivity contribution in [3.05, 3.63) is 63.9 Å². The van der Waals surface area contributed by atoms with Gasteiger partial charge >= 0.3 is 5.97 Å². The summed E-state index contributed by atoms with van der Waals surface area (Å²) in [6.45, 7) is 0. The average molecular weight is 339 g/mol. The van der Waals surface area contributed by atoms with Gasteiger partial charge in [-0.05, 0) is 29.8 Å². The first kappa shape index (κ1) is 16.3. The van der Waals surface area contributed by atoms with Gasteiger partial charge in [-0.15, -0.1) is 0 Å². The second-order valence-electron chi connectivity index (χ2n) is 4.50. The molecule has 1 amide bonds. The molecule has 0 unspecified atom stereocenters. The third-order valence-electron chi connectivity index (χ3n) is 3.02. The van der Waals surface area contributed by atoms with Crippen molar-refractivity contribution in [3.63, 3.8) is 0 Å². The molecule has 1 atom stereocenters. The number of carbonyl (C=O) groups excluding carboxylic acids is 1. The SMILES string of the molecule is O=C(N[C@@H](Cc1c(Cl)cccc1Cl)C(=O)O)c1ccncc1. The number of amides is 1. The Balaban J connectivity index is 2.18. The highest BCUT2D eigenvalue weighted by Gasteiger charge is 2.23. The summed E-state index contributed by atoms with van der Waals surface area (Å²) in [5.74, 6) is -1.67. The minimum atomic E-state index is -1.17. The van der Waals surface area contributed by atoms with E-state index < -0.39 is 17.9 Å². The predicted octanol–water partition coefficient (Wildman–Crippen LogP) is 2.81. The molecule has 0 aliphatic heterocycles. The zero-order valence-electron chi connectivity index (χ0n) is 11.3. The molecule has 7 heteroatoms. The fourth-order valence-electron chi connectivity index (χ4n) is 1.88. The maximum atomic E-state index is 12.1. The number of rotatable bonds is 5. The molecular formula is C15H12Cl2N2O3. The molecule has 22 heavy (non-hydrogen) atoms. The smallest absolute Gasteiger partial charge is 0.326 e. The first-order chi connectivity index (χ1) is 10.5. The van der Waals surface area contributed by atoms with E-state index in [0.29, 0.717) is 21.2 Å². The number of pyridine rings is 1. The zero-order chi connectivity index (χ0) is 16.1. The van der Waals surface area contributed by atoms with Crippen LogP contribution < -0.4 is 5.32 Å². The summed E-state index contributed by atoms with van der Waals surface area (Å²) in [5.41, 5.74) is 0.805. The number of carboxylic acid groups (broad SMARTS) is 1. The lowest BCUT2D eigenvalue weighted by Gasteiger charge is -2.16. The van der Waals surface area contributed by atoms with Gasteiger partial charge in [0.1, 0.15) is 6.04 Å². The minimum absolute atomic E-state index is 0.00926. The quantitative estimate of drug-likeness (QED) is 0.878. The Bertz CT molecular complexity index is 672. The molecule has 0 saturated carbocycles. The highest BCUT2D eigenvalue weighted by atomic mass is 35.5. The maximum Gasteiger partial charge on any atom is 0.326 e. The minimum Gasteiger partial charge on any atom is -0.480 e. The monoisotopic (exact) mass is 338 g/mol. The van der Waals surface area contributed by atoms with Crippen LogP contribution in [0.3, 0.4) is 0 Å². The molecule has 114 valence electrons. The number of hydrogen-bond acceptors (Lipinski definition) is 3. The summed E-state index contributed by atoms with van der Waals surface area (Å²) in [7, 11) is 0. The molecule has 2 rings (SSSR count). The molecule has 0 spiro atoms. The predicted molar refractivity (Wildman–Crippen MR) is 83.3 cm³/mol. The highest BCUT2D eigenvalue weighted by molar-refractivity contribution is 6.36. The van der Waals surface area contributed by atoms with Crippen molar-refractivity contribution in [2.45, 2.75) is 12.5 Å². The number of carbonyl (C=O) groups is 2. The third-order valence-corrected chi connectivity index (χ3v) is 3.72. The molecule has 0 saturated heterocycles. The van der Waals surface area contributed by atoms with Gasteiger partial charge in [-0.2, -0.15) is 0 Å². The van der Waals surface area contributed by atoms with E-state index in [0.717, 1.165) is 0 Å². The number of aromatic nitrogens is 1. The van der Waals surface area contributed by atoms with Crippen LogP contribution in [0.15, 0.2) is 42.7 Å². The fraction of sp³-hybridized carbons (Fsp3) is 0.133. The van der Waals surface area contributed by atoms with Crippen molar-refractivity contribution in [2.24, 2.45) is 0 Å². The molecule has 0 radical (unpaired) electrons. The molecular weight excluding hydrogens is 327 g/mol. The van der Waals surface area contributed by atoms with Crippen LogP contribution in [0, 0.1) is 0 Å². The van der Waals surface area contributed by atoms with Gasteiger partial charge in [-0.25, -0.2) is 4.79 Å². The first-order valence-electron chi connectivity index (χ1n) is 6.35. The van der Waals surface area contributed by atoms with Crippen LogP contribution in [0.5, 0.6) is 0 Å². The Hall–Kier alpha value is -2.11. The van der Waals surface area contributed by atoms with E-state index in [4.69, 9.17) is 23.2 Å². The van der Waals surface area contributed by atoms with Crippen molar-refractivity contribution < 1.29 is 14.7 Å². The van der Waals surface area contributed by atoms with Crippen LogP contribution >= 0.6 is 23.2 Å². The lowest BCUT2D eigenvalue weighted by molar-refractivity contribution is -0.139. The van der Waals surface area contributed by atoms with E-state index in [9.17, 15) is 14.7 Å². The molecule has 1 aromatic heterocycles. The summed E-state index contributed by atoms with van der Waals surface area (Å²) in [6.07, 6.45) is 2.90. The number of nitrogens with one attached hydrogen (secondary N) is 1. The molecule has 2 aromatic rings.